The lowest BCUT2D eigenvalue weighted by atomic mass is 10.0. The molecule has 0 spiro atoms. The van der Waals surface area contributed by atoms with Crippen LogP contribution >= 0.6 is 46.4 Å². The molecule has 0 bridgehead atoms. The van der Waals surface area contributed by atoms with E-state index in [1.165, 1.54) is 0 Å². The smallest absolute Gasteiger partial charge is 0.137 e. The van der Waals surface area contributed by atoms with Crippen LogP contribution < -0.4 is 4.74 Å². The van der Waals surface area contributed by atoms with Crippen molar-refractivity contribution in [3.63, 3.8) is 0 Å². The van der Waals surface area contributed by atoms with Gasteiger partial charge in [-0.1, -0.05) is 53.0 Å². The minimum atomic E-state index is -0.422. The Balaban J connectivity index is 2.41. The van der Waals surface area contributed by atoms with Crippen molar-refractivity contribution in [2.24, 2.45) is 0 Å². The maximum absolute atomic E-state index is 6.43. The van der Waals surface area contributed by atoms with Gasteiger partial charge in [-0.15, -0.1) is 11.6 Å². The van der Waals surface area contributed by atoms with Crippen molar-refractivity contribution in [3.05, 3.63) is 62.6 Å². The molecule has 0 aliphatic carbocycles. The molecule has 0 aromatic heterocycles. The fourth-order valence-corrected chi connectivity index (χ4v) is 2.79. The summed E-state index contributed by atoms with van der Waals surface area (Å²) < 4.78 is 5.11. The number of hydrogen-bond acceptors (Lipinski definition) is 1. The molecule has 1 atom stereocenters. The van der Waals surface area contributed by atoms with Gasteiger partial charge >= 0.3 is 0 Å². The summed E-state index contributed by atoms with van der Waals surface area (Å²) in [5.74, 6) is 0.603. The van der Waals surface area contributed by atoms with E-state index >= 15 is 0 Å². The molecule has 0 saturated heterocycles. The Morgan fingerprint density at radius 2 is 1.74 bits per heavy atom. The van der Waals surface area contributed by atoms with Crippen LogP contribution in [0.5, 0.6) is 5.75 Å². The summed E-state index contributed by atoms with van der Waals surface area (Å²) in [6, 6.07) is 10.7. The Labute approximate surface area is 132 Å². The van der Waals surface area contributed by atoms with Gasteiger partial charge in [0.05, 0.1) is 27.6 Å². The molecule has 0 fully saturated rings. The lowest BCUT2D eigenvalue weighted by molar-refractivity contribution is 0.415. The second kappa shape index (κ2) is 6.23. The second-order valence-corrected chi connectivity index (χ2v) is 5.53. The highest BCUT2D eigenvalue weighted by molar-refractivity contribution is 6.43. The van der Waals surface area contributed by atoms with Crippen LogP contribution in [0.4, 0.5) is 0 Å². The summed E-state index contributed by atoms with van der Waals surface area (Å²) in [5, 5.41) is 1.01. The molecular formula is C14H10Cl4O. The zero-order chi connectivity index (χ0) is 14.0. The molecule has 0 N–H and O–H groups in total. The van der Waals surface area contributed by atoms with Gasteiger partial charge in [0.1, 0.15) is 5.75 Å². The van der Waals surface area contributed by atoms with E-state index in [2.05, 4.69) is 0 Å². The zero-order valence-corrected chi connectivity index (χ0v) is 13.0. The van der Waals surface area contributed by atoms with Gasteiger partial charge in [-0.3, -0.25) is 0 Å². The number of alkyl halides is 1. The minimum absolute atomic E-state index is 0.422. The van der Waals surface area contributed by atoms with Crippen molar-refractivity contribution in [1.29, 1.82) is 0 Å². The number of rotatable bonds is 3. The van der Waals surface area contributed by atoms with Gasteiger partial charge in [0.15, 0.2) is 0 Å². The molecule has 100 valence electrons. The van der Waals surface area contributed by atoms with E-state index in [1.54, 1.807) is 25.3 Å². The Bertz CT molecular complexity index is 598. The predicted molar refractivity (Wildman–Crippen MR) is 82.2 cm³/mol. The van der Waals surface area contributed by atoms with Crippen molar-refractivity contribution in [2.45, 2.75) is 5.38 Å². The Morgan fingerprint density at radius 3 is 2.37 bits per heavy atom. The molecule has 2 aromatic rings. The van der Waals surface area contributed by atoms with E-state index in [9.17, 15) is 0 Å². The van der Waals surface area contributed by atoms with Gasteiger partial charge in [0, 0.05) is 0 Å². The standard InChI is InChI=1S/C14H10Cl4O/c1-19-12-6-5-8(7-11(12)16)13(17)9-3-2-4-10(15)14(9)18/h2-7,13H,1H3. The van der Waals surface area contributed by atoms with E-state index in [4.69, 9.17) is 51.1 Å². The van der Waals surface area contributed by atoms with Crippen LogP contribution in [-0.4, -0.2) is 7.11 Å². The van der Waals surface area contributed by atoms with Crippen LogP contribution in [0.3, 0.4) is 0 Å². The minimum Gasteiger partial charge on any atom is -0.495 e. The quantitative estimate of drug-likeness (QED) is 0.626. The molecule has 19 heavy (non-hydrogen) atoms. The molecule has 0 aliphatic rings. The van der Waals surface area contributed by atoms with Crippen LogP contribution in [0.2, 0.25) is 15.1 Å². The van der Waals surface area contributed by atoms with E-state index in [0.717, 1.165) is 11.1 Å². The van der Waals surface area contributed by atoms with Gasteiger partial charge in [0.25, 0.3) is 0 Å². The molecule has 1 unspecified atom stereocenters. The van der Waals surface area contributed by atoms with Gasteiger partial charge in [0.2, 0.25) is 0 Å². The highest BCUT2D eigenvalue weighted by Crippen LogP contribution is 2.38. The van der Waals surface area contributed by atoms with Gasteiger partial charge < -0.3 is 4.74 Å². The highest BCUT2D eigenvalue weighted by Gasteiger charge is 2.17. The average molecular weight is 336 g/mol. The Hall–Kier alpha value is -0.600. The third-order valence-corrected chi connectivity index (χ3v) is 4.34. The van der Waals surface area contributed by atoms with E-state index in [1.807, 2.05) is 18.2 Å². The highest BCUT2D eigenvalue weighted by atomic mass is 35.5. The summed E-state index contributed by atoms with van der Waals surface area (Å²) in [5.41, 5.74) is 1.58. The van der Waals surface area contributed by atoms with Crippen LogP contribution in [0.25, 0.3) is 0 Å². The van der Waals surface area contributed by atoms with Gasteiger partial charge in [-0.25, -0.2) is 0 Å². The molecule has 0 aliphatic heterocycles. The third-order valence-electron chi connectivity index (χ3n) is 2.72. The molecular weight excluding hydrogens is 326 g/mol. The number of methoxy groups -OCH3 is 1. The molecule has 0 saturated carbocycles. The first-order chi connectivity index (χ1) is 9.04. The van der Waals surface area contributed by atoms with Crippen LogP contribution in [0.1, 0.15) is 16.5 Å². The molecule has 1 nitrogen and oxygen atoms in total. The maximum atomic E-state index is 6.43. The first kappa shape index (κ1) is 14.8. The number of hydrogen-bond donors (Lipinski definition) is 0. The largest absolute Gasteiger partial charge is 0.495 e. The summed E-state index contributed by atoms with van der Waals surface area (Å²) in [4.78, 5) is 0. The second-order valence-electron chi connectivity index (χ2n) is 3.90. The fraction of sp³-hybridized carbons (Fsp3) is 0.143. The first-order valence-corrected chi connectivity index (χ1v) is 7.03. The monoisotopic (exact) mass is 334 g/mol. The molecule has 2 rings (SSSR count). The fourth-order valence-electron chi connectivity index (χ4n) is 1.74. The SMILES string of the molecule is COc1ccc(C(Cl)c2cccc(Cl)c2Cl)cc1Cl. The number of benzene rings is 2. The lowest BCUT2D eigenvalue weighted by Crippen LogP contribution is -1.95. The average Bonchev–Trinajstić information content (AvgIpc) is 2.41. The first-order valence-electron chi connectivity index (χ1n) is 5.46. The van der Waals surface area contributed by atoms with E-state index < -0.39 is 5.38 Å². The molecule has 2 aromatic carbocycles. The van der Waals surface area contributed by atoms with Crippen molar-refractivity contribution in [2.75, 3.05) is 7.11 Å². The normalized spacial score (nSPS) is 12.3. The topological polar surface area (TPSA) is 9.23 Å². The number of halogens is 4. The third kappa shape index (κ3) is 3.11. The van der Waals surface area contributed by atoms with Gasteiger partial charge in [-0.2, -0.15) is 0 Å². The summed E-state index contributed by atoms with van der Waals surface area (Å²) in [6.07, 6.45) is 0. The number of ether oxygens (including phenoxy) is 1. The Kier molecular flexibility index (Phi) is 4.86. The van der Waals surface area contributed by atoms with Gasteiger partial charge in [-0.05, 0) is 29.3 Å². The molecule has 0 heterocycles. The molecule has 0 radical (unpaired) electrons. The van der Waals surface area contributed by atoms with Crippen LogP contribution in [0, 0.1) is 0 Å². The maximum Gasteiger partial charge on any atom is 0.137 e. The van der Waals surface area contributed by atoms with E-state index in [-0.39, 0.29) is 0 Å². The summed E-state index contributed by atoms with van der Waals surface area (Å²) >= 11 is 24.7. The zero-order valence-electron chi connectivity index (χ0n) is 9.96. The van der Waals surface area contributed by atoms with Crippen molar-refractivity contribution < 1.29 is 4.74 Å². The van der Waals surface area contributed by atoms with Crippen molar-refractivity contribution in [3.8, 4) is 5.75 Å². The molecule has 0 amide bonds. The van der Waals surface area contributed by atoms with E-state index in [0.29, 0.717) is 20.8 Å². The van der Waals surface area contributed by atoms with Crippen molar-refractivity contribution >= 4 is 46.4 Å². The summed E-state index contributed by atoms with van der Waals surface area (Å²) in [6.45, 7) is 0. The Morgan fingerprint density at radius 1 is 1.00 bits per heavy atom. The predicted octanol–water partition coefficient (Wildman–Crippen LogP) is 5.98. The van der Waals surface area contributed by atoms with Crippen LogP contribution in [-0.2, 0) is 0 Å². The van der Waals surface area contributed by atoms with Crippen LogP contribution in [0.15, 0.2) is 36.4 Å². The van der Waals surface area contributed by atoms with Crippen molar-refractivity contribution in [1.82, 2.24) is 0 Å². The molecule has 5 heteroatoms. The summed E-state index contributed by atoms with van der Waals surface area (Å²) in [7, 11) is 1.56. The lowest BCUT2D eigenvalue weighted by Gasteiger charge is -2.14.